The van der Waals surface area contributed by atoms with Crippen molar-refractivity contribution in [1.82, 2.24) is 4.31 Å². The van der Waals surface area contributed by atoms with Gasteiger partial charge in [0.1, 0.15) is 5.75 Å². The molecule has 2 aromatic carbocycles. The Morgan fingerprint density at radius 2 is 2.00 bits per heavy atom. The van der Waals surface area contributed by atoms with E-state index in [-0.39, 0.29) is 23.3 Å². The van der Waals surface area contributed by atoms with Crippen LogP contribution in [0.15, 0.2) is 39.7 Å². The summed E-state index contributed by atoms with van der Waals surface area (Å²) in [6, 6.07) is 8.28. The number of anilines is 2. The summed E-state index contributed by atoms with van der Waals surface area (Å²) in [6.07, 6.45) is 2.13. The number of methoxy groups -OCH3 is 1. The fourth-order valence-electron chi connectivity index (χ4n) is 4.56. The number of hydrogen-bond donors (Lipinski definition) is 1. The maximum absolute atomic E-state index is 13.6. The smallest absolute Gasteiger partial charge is 0.244 e. The number of carbonyl (C=O) groups is 2. The number of rotatable bonds is 6. The largest absolute Gasteiger partial charge is 0.495 e. The molecular weight excluding hydrogens is 558 g/mol. The second-order valence-corrected chi connectivity index (χ2v) is 11.8. The van der Waals surface area contributed by atoms with E-state index in [0.29, 0.717) is 65.4 Å². The number of hydrogen-bond acceptors (Lipinski definition) is 5. The van der Waals surface area contributed by atoms with Gasteiger partial charge in [0.05, 0.1) is 23.6 Å². The number of fused-ring (bicyclic) bond motifs is 1. The van der Waals surface area contributed by atoms with Crippen molar-refractivity contribution >= 4 is 60.7 Å². The van der Waals surface area contributed by atoms with E-state index < -0.39 is 15.9 Å². The van der Waals surface area contributed by atoms with Crippen LogP contribution in [-0.2, 0) is 26.0 Å². The number of sulfonamides is 1. The van der Waals surface area contributed by atoms with Crippen LogP contribution in [0.4, 0.5) is 11.4 Å². The molecule has 1 fully saturated rings. The summed E-state index contributed by atoms with van der Waals surface area (Å²) >= 11 is 9.49. The topological polar surface area (TPSA) is 96.0 Å². The fraction of sp³-hybridized carbons (Fsp3) is 0.417. The third kappa shape index (κ3) is 5.21. The molecule has 11 heteroatoms. The van der Waals surface area contributed by atoms with Crippen molar-refractivity contribution in [2.75, 3.05) is 37.0 Å². The van der Waals surface area contributed by atoms with E-state index in [1.807, 2.05) is 0 Å². The highest BCUT2D eigenvalue weighted by atomic mass is 79.9. The molecule has 35 heavy (non-hydrogen) atoms. The van der Waals surface area contributed by atoms with E-state index in [1.165, 1.54) is 11.4 Å². The van der Waals surface area contributed by atoms with Crippen LogP contribution in [0.3, 0.4) is 0 Å². The van der Waals surface area contributed by atoms with Crippen LogP contribution in [0.25, 0.3) is 0 Å². The summed E-state index contributed by atoms with van der Waals surface area (Å²) in [5.41, 5.74) is 2.01. The SMILES string of the molecule is CCC(=O)N1CCc2cc(Br)c(S(=O)(=O)N3CCC[C@@H](C(=O)Nc4cc(Cl)ccc4OC)C3)cc21. The van der Waals surface area contributed by atoms with Crippen molar-refractivity contribution in [1.29, 1.82) is 0 Å². The Bertz CT molecular complexity index is 1270. The molecule has 0 spiro atoms. The molecule has 2 aliphatic heterocycles. The van der Waals surface area contributed by atoms with E-state index >= 15 is 0 Å². The number of halogens is 2. The van der Waals surface area contributed by atoms with E-state index in [4.69, 9.17) is 16.3 Å². The number of carbonyl (C=O) groups excluding carboxylic acids is 2. The van der Waals surface area contributed by atoms with Crippen LogP contribution in [0.2, 0.25) is 5.02 Å². The summed E-state index contributed by atoms with van der Waals surface area (Å²) in [7, 11) is -2.41. The van der Waals surface area contributed by atoms with Gasteiger partial charge in [-0.1, -0.05) is 18.5 Å². The van der Waals surface area contributed by atoms with Gasteiger partial charge in [-0.25, -0.2) is 8.42 Å². The predicted octanol–water partition coefficient (Wildman–Crippen LogP) is 4.45. The highest BCUT2D eigenvalue weighted by Crippen LogP contribution is 2.38. The first-order valence-electron chi connectivity index (χ1n) is 11.4. The molecule has 0 unspecified atom stereocenters. The van der Waals surface area contributed by atoms with Gasteiger partial charge in [0.25, 0.3) is 0 Å². The van der Waals surface area contributed by atoms with Crippen LogP contribution < -0.4 is 15.0 Å². The average Bonchev–Trinajstić information content (AvgIpc) is 3.26. The van der Waals surface area contributed by atoms with Gasteiger partial charge in [-0.15, -0.1) is 0 Å². The predicted molar refractivity (Wildman–Crippen MR) is 139 cm³/mol. The molecule has 2 heterocycles. The lowest BCUT2D eigenvalue weighted by Gasteiger charge is -2.31. The van der Waals surface area contributed by atoms with Crippen molar-refractivity contribution in [2.45, 2.75) is 37.5 Å². The van der Waals surface area contributed by atoms with Crippen LogP contribution >= 0.6 is 27.5 Å². The van der Waals surface area contributed by atoms with Crippen molar-refractivity contribution in [2.24, 2.45) is 5.92 Å². The zero-order valence-corrected chi connectivity index (χ0v) is 22.7. The lowest BCUT2D eigenvalue weighted by Crippen LogP contribution is -2.43. The summed E-state index contributed by atoms with van der Waals surface area (Å²) in [5, 5.41) is 3.28. The number of ether oxygens (including phenoxy) is 1. The van der Waals surface area contributed by atoms with Gasteiger partial charge < -0.3 is 15.0 Å². The number of piperidine rings is 1. The molecule has 1 N–H and O–H groups in total. The van der Waals surface area contributed by atoms with Crippen LogP contribution in [0, 0.1) is 5.92 Å². The van der Waals surface area contributed by atoms with Crippen molar-refractivity contribution < 1.29 is 22.7 Å². The fourth-order valence-corrected chi connectivity index (χ4v) is 7.33. The summed E-state index contributed by atoms with van der Waals surface area (Å²) < 4.78 is 34.4. The van der Waals surface area contributed by atoms with Gasteiger partial charge in [-0.05, 0) is 71.1 Å². The first-order chi connectivity index (χ1) is 16.6. The molecule has 0 aromatic heterocycles. The van der Waals surface area contributed by atoms with Gasteiger partial charge in [-0.2, -0.15) is 4.31 Å². The Hall–Kier alpha value is -2.14. The third-order valence-corrected chi connectivity index (χ3v) is 9.48. The van der Waals surface area contributed by atoms with Crippen LogP contribution in [-0.4, -0.2) is 51.3 Å². The normalized spacial score (nSPS) is 18.3. The van der Waals surface area contributed by atoms with Gasteiger partial charge in [0.15, 0.2) is 0 Å². The van der Waals surface area contributed by atoms with Gasteiger partial charge in [0.2, 0.25) is 21.8 Å². The second-order valence-electron chi connectivity index (χ2n) is 8.60. The van der Waals surface area contributed by atoms with Crippen LogP contribution in [0.5, 0.6) is 5.75 Å². The number of nitrogens with zero attached hydrogens (tertiary/aromatic N) is 2. The Labute approximate surface area is 218 Å². The van der Waals surface area contributed by atoms with Crippen LogP contribution in [0.1, 0.15) is 31.7 Å². The minimum atomic E-state index is -3.91. The first-order valence-corrected chi connectivity index (χ1v) is 14.0. The highest BCUT2D eigenvalue weighted by Gasteiger charge is 2.36. The van der Waals surface area contributed by atoms with Gasteiger partial charge in [-0.3, -0.25) is 9.59 Å². The molecule has 2 aromatic rings. The minimum absolute atomic E-state index is 0.0411. The van der Waals surface area contributed by atoms with Crippen molar-refractivity contribution in [3.8, 4) is 5.75 Å². The van der Waals surface area contributed by atoms with Gasteiger partial charge in [0, 0.05) is 41.2 Å². The third-order valence-electron chi connectivity index (χ3n) is 6.42. The first kappa shape index (κ1) is 25.9. The maximum atomic E-state index is 13.6. The molecule has 8 nitrogen and oxygen atoms in total. The molecule has 4 rings (SSSR count). The van der Waals surface area contributed by atoms with Crippen molar-refractivity contribution in [3.63, 3.8) is 0 Å². The number of benzene rings is 2. The van der Waals surface area contributed by atoms with Crippen molar-refractivity contribution in [3.05, 3.63) is 45.4 Å². The Balaban J connectivity index is 1.56. The Morgan fingerprint density at radius 1 is 1.23 bits per heavy atom. The zero-order valence-electron chi connectivity index (χ0n) is 19.5. The van der Waals surface area contributed by atoms with Gasteiger partial charge >= 0.3 is 0 Å². The molecule has 0 saturated carbocycles. The quantitative estimate of drug-likeness (QED) is 0.541. The Morgan fingerprint density at radius 3 is 2.71 bits per heavy atom. The molecule has 0 bridgehead atoms. The molecule has 0 radical (unpaired) electrons. The molecule has 1 atom stereocenters. The molecule has 2 aliphatic rings. The highest BCUT2D eigenvalue weighted by molar-refractivity contribution is 9.10. The monoisotopic (exact) mass is 583 g/mol. The number of amides is 2. The average molecular weight is 585 g/mol. The zero-order chi connectivity index (χ0) is 25.3. The van der Waals surface area contributed by atoms with E-state index in [0.717, 1.165) is 5.56 Å². The van der Waals surface area contributed by atoms with E-state index in [1.54, 1.807) is 42.2 Å². The lowest BCUT2D eigenvalue weighted by atomic mass is 9.98. The summed E-state index contributed by atoms with van der Waals surface area (Å²) in [6.45, 7) is 2.69. The molecule has 2 amide bonds. The van der Waals surface area contributed by atoms with E-state index in [9.17, 15) is 18.0 Å². The summed E-state index contributed by atoms with van der Waals surface area (Å²) in [5.74, 6) is -0.399. The summed E-state index contributed by atoms with van der Waals surface area (Å²) in [4.78, 5) is 27.1. The number of nitrogens with one attached hydrogen (secondary N) is 1. The second kappa shape index (κ2) is 10.5. The molecule has 1 saturated heterocycles. The molecular formula is C24H27BrClN3O5S. The minimum Gasteiger partial charge on any atom is -0.495 e. The standard InChI is InChI=1S/C24H27BrClN3O5S/c1-3-23(30)29-10-8-15-11-18(25)22(13-20(15)29)35(32,33)28-9-4-5-16(14-28)24(31)27-19-12-17(26)6-7-21(19)34-2/h6-7,11-13,16H,3-5,8-10,14H2,1-2H3,(H,27,31)/t16-/m1/s1. The lowest BCUT2D eigenvalue weighted by molar-refractivity contribution is -0.121. The maximum Gasteiger partial charge on any atom is 0.244 e. The molecule has 188 valence electrons. The van der Waals surface area contributed by atoms with E-state index in [2.05, 4.69) is 21.2 Å². The Kier molecular flexibility index (Phi) is 7.75. The molecule has 0 aliphatic carbocycles.